The number of carbonyl (C=O) groups is 4. The van der Waals surface area contributed by atoms with E-state index in [1.54, 1.807) is 30.3 Å². The predicted octanol–water partition coefficient (Wildman–Crippen LogP) is 5.35. The molecule has 3 unspecified atom stereocenters. The number of hydrogen-bond donors (Lipinski definition) is 1. The summed E-state index contributed by atoms with van der Waals surface area (Å²) in [4.78, 5) is 54.2. The van der Waals surface area contributed by atoms with E-state index in [4.69, 9.17) is 0 Å². The van der Waals surface area contributed by atoms with Gasteiger partial charge >= 0.3 is 0 Å². The average Bonchev–Trinajstić information content (AvgIpc) is 3.64. The molecule has 7 nitrogen and oxygen atoms in total. The van der Waals surface area contributed by atoms with Crippen LogP contribution in [-0.2, 0) is 22.7 Å². The van der Waals surface area contributed by atoms with Gasteiger partial charge in [0.15, 0.2) is 5.78 Å². The Bertz CT molecular complexity index is 1590. The second-order valence-electron chi connectivity index (χ2n) is 12.5. The van der Waals surface area contributed by atoms with Crippen molar-refractivity contribution in [3.63, 3.8) is 0 Å². The van der Waals surface area contributed by atoms with Crippen LogP contribution in [0.2, 0.25) is 0 Å². The van der Waals surface area contributed by atoms with Crippen LogP contribution in [0.3, 0.4) is 0 Å². The zero-order valence-corrected chi connectivity index (χ0v) is 23.9. The Kier molecular flexibility index (Phi) is 7.17. The van der Waals surface area contributed by atoms with Crippen molar-refractivity contribution >= 4 is 29.1 Å². The molecule has 0 bridgehead atoms. The number of nitrogens with zero attached hydrogens (tertiary/aromatic N) is 2. The molecule has 2 aliphatic carbocycles. The van der Waals surface area contributed by atoms with Crippen LogP contribution in [0.25, 0.3) is 0 Å². The molecule has 3 aromatic rings. The van der Waals surface area contributed by atoms with Gasteiger partial charge in [-0.05, 0) is 78.0 Å². The van der Waals surface area contributed by atoms with Gasteiger partial charge in [-0.3, -0.25) is 29.0 Å². The van der Waals surface area contributed by atoms with Crippen LogP contribution < -0.4 is 5.32 Å². The van der Waals surface area contributed by atoms with Gasteiger partial charge in [-0.25, -0.2) is 4.39 Å². The van der Waals surface area contributed by atoms with E-state index in [1.807, 2.05) is 12.1 Å². The first-order valence-corrected chi connectivity index (χ1v) is 15.2. The number of rotatable bonds is 7. The number of carbonyl (C=O) groups excluding carboxylic acids is 4. The third kappa shape index (κ3) is 5.29. The van der Waals surface area contributed by atoms with Crippen molar-refractivity contribution in [3.05, 3.63) is 100 Å². The fourth-order valence-corrected chi connectivity index (χ4v) is 7.62. The van der Waals surface area contributed by atoms with E-state index in [2.05, 4.69) is 34.5 Å². The summed E-state index contributed by atoms with van der Waals surface area (Å²) in [7, 11) is 0. The van der Waals surface area contributed by atoms with E-state index in [9.17, 15) is 23.6 Å². The van der Waals surface area contributed by atoms with Crippen molar-refractivity contribution in [2.75, 3.05) is 18.4 Å². The highest BCUT2D eigenvalue weighted by Crippen LogP contribution is 2.46. The Hall–Kier alpha value is -4.17. The fraction of sp³-hybridized carbons (Fsp3) is 0.371. The zero-order chi connectivity index (χ0) is 29.7. The van der Waals surface area contributed by atoms with E-state index in [0.29, 0.717) is 30.0 Å². The summed E-state index contributed by atoms with van der Waals surface area (Å²) < 4.78 is 13.3. The Balaban J connectivity index is 0.948. The van der Waals surface area contributed by atoms with E-state index in [-0.39, 0.29) is 47.8 Å². The number of ketones is 2. The lowest BCUT2D eigenvalue weighted by Crippen LogP contribution is -2.47. The monoisotopic (exact) mass is 579 g/mol. The predicted molar refractivity (Wildman–Crippen MR) is 159 cm³/mol. The minimum atomic E-state index is -0.878. The number of amides is 2. The number of benzene rings is 3. The van der Waals surface area contributed by atoms with Crippen LogP contribution in [0.5, 0.6) is 0 Å². The van der Waals surface area contributed by atoms with E-state index >= 15 is 0 Å². The quantitative estimate of drug-likeness (QED) is 0.300. The molecule has 4 aliphatic rings. The van der Waals surface area contributed by atoms with Crippen LogP contribution in [0.4, 0.5) is 10.1 Å². The first-order valence-electron chi connectivity index (χ1n) is 15.2. The van der Waals surface area contributed by atoms with Crippen LogP contribution in [0.1, 0.15) is 75.4 Å². The Morgan fingerprint density at radius 3 is 2.21 bits per heavy atom. The zero-order valence-electron chi connectivity index (χ0n) is 23.9. The SMILES string of the molecule is O=C1CCC(N2C(=O)c3cccc(NCc4ccc(CN5CC6CC(c7ccc(F)cc7)CC6C5)cc4)c3C2=O)C(=O)C1. The number of nitrogens with one attached hydrogen (secondary N) is 1. The van der Waals surface area contributed by atoms with Gasteiger partial charge in [-0.15, -0.1) is 0 Å². The maximum absolute atomic E-state index is 13.4. The molecule has 220 valence electrons. The van der Waals surface area contributed by atoms with Crippen molar-refractivity contribution in [2.24, 2.45) is 11.8 Å². The molecule has 2 aliphatic heterocycles. The van der Waals surface area contributed by atoms with Gasteiger partial charge in [0, 0.05) is 38.3 Å². The molecule has 3 aromatic carbocycles. The number of halogens is 1. The molecular weight excluding hydrogens is 545 g/mol. The first kappa shape index (κ1) is 27.7. The Morgan fingerprint density at radius 1 is 0.814 bits per heavy atom. The van der Waals surface area contributed by atoms with E-state index in [1.165, 1.54) is 24.0 Å². The van der Waals surface area contributed by atoms with Crippen LogP contribution >= 0.6 is 0 Å². The smallest absolute Gasteiger partial charge is 0.264 e. The van der Waals surface area contributed by atoms with Gasteiger partial charge in [0.25, 0.3) is 11.8 Å². The summed E-state index contributed by atoms with van der Waals surface area (Å²) in [5.74, 6) is 0.268. The summed E-state index contributed by atoms with van der Waals surface area (Å²) in [5.41, 5.74) is 4.70. The highest BCUT2D eigenvalue weighted by atomic mass is 19.1. The number of hydrogen-bond acceptors (Lipinski definition) is 6. The maximum atomic E-state index is 13.4. The Morgan fingerprint density at radius 2 is 1.51 bits per heavy atom. The molecule has 0 spiro atoms. The highest BCUT2D eigenvalue weighted by molar-refractivity contribution is 6.25. The number of Topliss-reactive ketones (excluding diaryl/α,β-unsaturated/α-hetero) is 2. The number of likely N-dealkylation sites (tertiary alicyclic amines) is 1. The normalized spacial score (nSPS) is 25.4. The topological polar surface area (TPSA) is 86.8 Å². The summed E-state index contributed by atoms with van der Waals surface area (Å²) >= 11 is 0. The van der Waals surface area contributed by atoms with Crippen LogP contribution in [0.15, 0.2) is 66.7 Å². The van der Waals surface area contributed by atoms with Crippen LogP contribution in [0, 0.1) is 17.7 Å². The van der Waals surface area contributed by atoms with E-state index in [0.717, 1.165) is 30.1 Å². The van der Waals surface area contributed by atoms with Crippen LogP contribution in [-0.4, -0.2) is 52.3 Å². The molecule has 3 fully saturated rings. The lowest BCUT2D eigenvalue weighted by Gasteiger charge is -2.27. The third-order valence-corrected chi connectivity index (χ3v) is 9.78. The molecule has 2 heterocycles. The second-order valence-corrected chi connectivity index (χ2v) is 12.5. The standard InChI is InChI=1S/C35H34FN3O4/c36-27-10-8-23(9-11-27)24-14-25-19-38(20-26(25)15-24)18-22-6-4-21(5-7-22)17-37-30-3-1-2-29-33(30)35(43)39(34(29)42)31-13-12-28(40)16-32(31)41/h1-11,24-26,31,37H,12-20H2. The van der Waals surface area contributed by atoms with Gasteiger partial charge in [0.1, 0.15) is 11.6 Å². The molecule has 0 radical (unpaired) electrons. The fourth-order valence-electron chi connectivity index (χ4n) is 7.62. The molecule has 43 heavy (non-hydrogen) atoms. The summed E-state index contributed by atoms with van der Waals surface area (Å²) in [6.07, 6.45) is 2.50. The minimum Gasteiger partial charge on any atom is -0.380 e. The molecule has 8 heteroatoms. The van der Waals surface area contributed by atoms with Crippen molar-refractivity contribution in [3.8, 4) is 0 Å². The molecule has 1 saturated heterocycles. The minimum absolute atomic E-state index is 0.147. The van der Waals surface area contributed by atoms with Gasteiger partial charge in [0.2, 0.25) is 0 Å². The highest BCUT2D eigenvalue weighted by Gasteiger charge is 2.45. The molecule has 7 rings (SSSR count). The summed E-state index contributed by atoms with van der Waals surface area (Å²) in [5, 5.41) is 3.32. The molecular formula is C35H34FN3O4. The molecule has 2 amide bonds. The molecule has 0 aromatic heterocycles. The Labute approximate surface area is 250 Å². The lowest BCUT2D eigenvalue weighted by molar-refractivity contribution is -0.132. The van der Waals surface area contributed by atoms with Gasteiger partial charge in [-0.2, -0.15) is 0 Å². The summed E-state index contributed by atoms with van der Waals surface area (Å²) in [6.45, 7) is 3.58. The van der Waals surface area contributed by atoms with Crippen molar-refractivity contribution < 1.29 is 23.6 Å². The van der Waals surface area contributed by atoms with Gasteiger partial charge < -0.3 is 5.32 Å². The van der Waals surface area contributed by atoms with Gasteiger partial charge in [0.05, 0.1) is 23.6 Å². The maximum Gasteiger partial charge on any atom is 0.264 e. The first-order chi connectivity index (χ1) is 20.8. The van der Waals surface area contributed by atoms with Crippen molar-refractivity contribution in [1.82, 2.24) is 9.80 Å². The lowest BCUT2D eigenvalue weighted by atomic mass is 9.92. The molecule has 3 atom stereocenters. The number of anilines is 1. The van der Waals surface area contributed by atoms with Gasteiger partial charge in [-0.1, -0.05) is 42.5 Å². The number of fused-ring (bicyclic) bond motifs is 2. The molecule has 2 saturated carbocycles. The average molecular weight is 580 g/mol. The third-order valence-electron chi connectivity index (χ3n) is 9.78. The largest absolute Gasteiger partial charge is 0.380 e. The molecule has 1 N–H and O–H groups in total. The van der Waals surface area contributed by atoms with E-state index < -0.39 is 17.9 Å². The summed E-state index contributed by atoms with van der Waals surface area (Å²) in [6, 6.07) is 19.7. The van der Waals surface area contributed by atoms with Crippen molar-refractivity contribution in [2.45, 2.75) is 57.2 Å². The van der Waals surface area contributed by atoms with Crippen molar-refractivity contribution in [1.29, 1.82) is 0 Å². The number of imide groups is 1. The second kappa shape index (κ2) is 11.2.